The van der Waals surface area contributed by atoms with E-state index in [1.54, 1.807) is 24.3 Å². The third kappa shape index (κ3) is 6.46. The topological polar surface area (TPSA) is 134 Å². The number of ether oxygens (including phenoxy) is 1. The number of nitrogens with zero attached hydrogens (tertiary/aromatic N) is 4. The summed E-state index contributed by atoms with van der Waals surface area (Å²) in [5.74, 6) is 0.246. The maximum atomic E-state index is 13.1. The van der Waals surface area contributed by atoms with Gasteiger partial charge in [0, 0.05) is 17.9 Å². The molecule has 9 nitrogen and oxygen atoms in total. The Balaban J connectivity index is 1.64. The molecular weight excluding hydrogens is 508 g/mol. The smallest absolute Gasteiger partial charge is 0.275 e. The van der Waals surface area contributed by atoms with Crippen molar-refractivity contribution in [3.8, 4) is 11.8 Å². The van der Waals surface area contributed by atoms with Crippen LogP contribution in [0, 0.1) is 16.7 Å². The fourth-order valence-electron chi connectivity index (χ4n) is 4.21. The first-order valence-electron chi connectivity index (χ1n) is 12.5. The first kappa shape index (κ1) is 27.9. The minimum Gasteiger partial charge on any atom is -0.486 e. The number of nitriles is 1. The number of carbonyl (C=O) groups is 1. The molecule has 0 radical (unpaired) electrons. The molecule has 0 bridgehead atoms. The molecule has 0 aliphatic carbocycles. The quantitative estimate of drug-likeness (QED) is 0.311. The fraction of sp³-hybridized carbons (Fsp3) is 0.393. The normalized spacial score (nSPS) is 12.7. The molecule has 204 valence electrons. The van der Waals surface area contributed by atoms with Crippen LogP contribution in [0.2, 0.25) is 0 Å². The highest BCUT2D eigenvalue weighted by Crippen LogP contribution is 2.26. The van der Waals surface area contributed by atoms with Crippen LogP contribution in [0.1, 0.15) is 50.7 Å². The third-order valence-corrected chi connectivity index (χ3v) is 6.42. The summed E-state index contributed by atoms with van der Waals surface area (Å²) in [6, 6.07) is 11.8. The number of benzene rings is 2. The number of ketones is 1. The summed E-state index contributed by atoms with van der Waals surface area (Å²) in [7, 11) is 0. The van der Waals surface area contributed by atoms with Gasteiger partial charge in [0.25, 0.3) is 12.0 Å². The summed E-state index contributed by atoms with van der Waals surface area (Å²) >= 11 is 0. The van der Waals surface area contributed by atoms with Crippen LogP contribution in [0.5, 0.6) is 5.75 Å². The number of Topliss-reactive ketones (excluding diaryl/α,β-unsaturated/α-hetero) is 1. The summed E-state index contributed by atoms with van der Waals surface area (Å²) < 4.78 is 31.4. The number of rotatable bonds is 10. The van der Waals surface area contributed by atoms with E-state index < -0.39 is 24.7 Å². The Hall–Kier alpha value is -4.17. The zero-order chi connectivity index (χ0) is 28.3. The molecule has 11 heteroatoms. The number of H-pyrrole nitrogens is 1. The van der Waals surface area contributed by atoms with Gasteiger partial charge in [-0.3, -0.25) is 9.59 Å². The van der Waals surface area contributed by atoms with E-state index in [9.17, 15) is 28.7 Å². The largest absolute Gasteiger partial charge is 0.486 e. The van der Waals surface area contributed by atoms with E-state index in [2.05, 4.69) is 15.1 Å². The number of hydrogen-bond donors (Lipinski definition) is 2. The zero-order valence-corrected chi connectivity index (χ0v) is 21.9. The zero-order valence-electron chi connectivity index (χ0n) is 21.9. The van der Waals surface area contributed by atoms with E-state index in [0.717, 1.165) is 4.68 Å². The summed E-state index contributed by atoms with van der Waals surface area (Å²) in [5.41, 5.74) is 0.756. The van der Waals surface area contributed by atoms with Crippen LogP contribution in [0.15, 0.2) is 41.2 Å². The first-order chi connectivity index (χ1) is 18.5. The third-order valence-electron chi connectivity index (χ3n) is 6.42. The molecule has 0 amide bonds. The molecule has 0 aliphatic heterocycles. The number of aromatic amines is 1. The van der Waals surface area contributed by atoms with Gasteiger partial charge in [0.15, 0.2) is 5.78 Å². The maximum Gasteiger partial charge on any atom is 0.275 e. The lowest BCUT2D eigenvalue weighted by atomic mass is 9.86. The number of imidazole rings is 1. The monoisotopic (exact) mass is 537 g/mol. The average molecular weight is 538 g/mol. The molecule has 2 heterocycles. The number of aliphatic hydroxyl groups is 1. The summed E-state index contributed by atoms with van der Waals surface area (Å²) in [6.45, 7) is 4.59. The van der Waals surface area contributed by atoms with Gasteiger partial charge in [-0.1, -0.05) is 39.0 Å². The molecule has 0 saturated carbocycles. The summed E-state index contributed by atoms with van der Waals surface area (Å²) in [4.78, 5) is 33.4. The lowest BCUT2D eigenvalue weighted by Gasteiger charge is -2.25. The fourth-order valence-corrected chi connectivity index (χ4v) is 4.21. The number of fused-ring (bicyclic) bond motifs is 2. The molecule has 0 spiro atoms. The molecule has 0 aliphatic rings. The van der Waals surface area contributed by atoms with Crippen LogP contribution in [0.3, 0.4) is 0 Å². The average Bonchev–Trinajstić information content (AvgIpc) is 3.28. The second-order valence-corrected chi connectivity index (χ2v) is 10.5. The second kappa shape index (κ2) is 11.3. The van der Waals surface area contributed by atoms with Crippen molar-refractivity contribution < 1.29 is 23.4 Å². The Bertz CT molecular complexity index is 1610. The van der Waals surface area contributed by atoms with E-state index in [0.29, 0.717) is 33.3 Å². The molecule has 2 aromatic heterocycles. The van der Waals surface area contributed by atoms with Gasteiger partial charge in [0.1, 0.15) is 30.8 Å². The molecule has 4 rings (SSSR count). The van der Waals surface area contributed by atoms with Gasteiger partial charge >= 0.3 is 0 Å². The molecule has 2 aromatic carbocycles. The number of alkyl halides is 2. The highest BCUT2D eigenvalue weighted by Gasteiger charge is 2.23. The van der Waals surface area contributed by atoms with Crippen molar-refractivity contribution in [3.63, 3.8) is 0 Å². The highest BCUT2D eigenvalue weighted by molar-refractivity contribution is 5.85. The minimum absolute atomic E-state index is 0.00978. The van der Waals surface area contributed by atoms with Crippen molar-refractivity contribution in [2.75, 3.05) is 6.61 Å². The first-order valence-corrected chi connectivity index (χ1v) is 12.5. The van der Waals surface area contributed by atoms with Crippen LogP contribution in [-0.4, -0.2) is 49.8 Å². The van der Waals surface area contributed by atoms with Gasteiger partial charge in [0.05, 0.1) is 40.2 Å². The van der Waals surface area contributed by atoms with Crippen molar-refractivity contribution in [1.82, 2.24) is 19.7 Å². The predicted octanol–water partition coefficient (Wildman–Crippen LogP) is 4.14. The standard InChI is InChI=1S/C28H29F2N5O4/c1-28(2,3)24(37)9-8-17(36)14-35-27(38)19-7-5-4-6-18(19)20(34-35)12-26-32-21-10-16(13-31)23(11-22(21)33-26)39-15-25(29)30/h4-7,10-11,24-25,37H,8-9,12,14-15H2,1-3H3,(H,32,33). The summed E-state index contributed by atoms with van der Waals surface area (Å²) in [6.07, 6.45) is -2.79. The Morgan fingerprint density at radius 2 is 1.95 bits per heavy atom. The van der Waals surface area contributed by atoms with Gasteiger partial charge in [-0.05, 0) is 24.0 Å². The van der Waals surface area contributed by atoms with Crippen LogP contribution in [0.25, 0.3) is 21.8 Å². The van der Waals surface area contributed by atoms with Crippen LogP contribution in [-0.2, 0) is 17.8 Å². The predicted molar refractivity (Wildman–Crippen MR) is 141 cm³/mol. The molecule has 4 aromatic rings. The highest BCUT2D eigenvalue weighted by atomic mass is 19.3. The van der Waals surface area contributed by atoms with Crippen LogP contribution in [0.4, 0.5) is 8.78 Å². The van der Waals surface area contributed by atoms with Crippen molar-refractivity contribution in [1.29, 1.82) is 5.26 Å². The van der Waals surface area contributed by atoms with Crippen LogP contribution >= 0.6 is 0 Å². The number of aromatic nitrogens is 4. The van der Waals surface area contributed by atoms with Crippen molar-refractivity contribution >= 4 is 27.6 Å². The van der Waals surface area contributed by atoms with Crippen LogP contribution < -0.4 is 10.3 Å². The van der Waals surface area contributed by atoms with Gasteiger partial charge in [-0.2, -0.15) is 10.4 Å². The molecule has 1 atom stereocenters. The lowest BCUT2D eigenvalue weighted by Crippen LogP contribution is -2.30. The number of halogens is 2. The number of aliphatic hydroxyl groups excluding tert-OH is 1. The van der Waals surface area contributed by atoms with E-state index in [1.165, 1.54) is 12.1 Å². The van der Waals surface area contributed by atoms with E-state index in [1.807, 2.05) is 26.8 Å². The molecule has 0 fully saturated rings. The Morgan fingerprint density at radius 3 is 2.62 bits per heavy atom. The van der Waals surface area contributed by atoms with Gasteiger partial charge in [-0.25, -0.2) is 18.4 Å². The van der Waals surface area contributed by atoms with Gasteiger partial charge in [-0.15, -0.1) is 0 Å². The number of nitrogens with one attached hydrogen (secondary N) is 1. The van der Waals surface area contributed by atoms with E-state index in [-0.39, 0.29) is 48.3 Å². The lowest BCUT2D eigenvalue weighted by molar-refractivity contribution is -0.120. The minimum atomic E-state index is -2.69. The van der Waals surface area contributed by atoms with Crippen molar-refractivity contribution in [2.24, 2.45) is 5.41 Å². The van der Waals surface area contributed by atoms with E-state index >= 15 is 0 Å². The molecule has 2 N–H and O–H groups in total. The molecule has 1 unspecified atom stereocenters. The molecule has 0 saturated heterocycles. The van der Waals surface area contributed by atoms with E-state index in [4.69, 9.17) is 4.74 Å². The Labute approximate surface area is 223 Å². The number of hydrogen-bond acceptors (Lipinski definition) is 7. The van der Waals surface area contributed by atoms with Gasteiger partial charge in [0.2, 0.25) is 0 Å². The Kier molecular flexibility index (Phi) is 8.06. The molecular formula is C28H29F2N5O4. The Morgan fingerprint density at radius 1 is 1.23 bits per heavy atom. The van der Waals surface area contributed by atoms with Crippen molar-refractivity contribution in [3.05, 3.63) is 63.8 Å². The van der Waals surface area contributed by atoms with Gasteiger partial charge < -0.3 is 14.8 Å². The maximum absolute atomic E-state index is 13.1. The summed E-state index contributed by atoms with van der Waals surface area (Å²) in [5, 5.41) is 25.2. The molecule has 39 heavy (non-hydrogen) atoms. The second-order valence-electron chi connectivity index (χ2n) is 10.5. The number of carbonyl (C=O) groups excluding carboxylic acids is 1. The van der Waals surface area contributed by atoms with Crippen molar-refractivity contribution in [2.45, 2.75) is 59.1 Å². The SMILES string of the molecule is CC(C)(C)C(O)CCC(=O)Cn1nc(Cc2nc3cc(OCC(F)F)c(C#N)cc3[nH]2)c2ccccc2c1=O.